The lowest BCUT2D eigenvalue weighted by atomic mass is 10.0. The van der Waals surface area contributed by atoms with E-state index in [0.29, 0.717) is 6.92 Å². The van der Waals surface area contributed by atoms with E-state index in [-0.39, 0.29) is 12.5 Å². The molecule has 0 saturated carbocycles. The fourth-order valence-electron chi connectivity index (χ4n) is 1.33. The van der Waals surface area contributed by atoms with Crippen molar-refractivity contribution in [1.82, 2.24) is 10.6 Å². The number of halogens is 3. The molecule has 0 heterocycles. The topological polar surface area (TPSA) is 78.4 Å². The molecule has 112 valence electrons. The molecule has 0 spiro atoms. The van der Waals surface area contributed by atoms with Gasteiger partial charge in [0.05, 0.1) is 0 Å². The Morgan fingerprint density at radius 2 is 1.68 bits per heavy atom. The predicted octanol–water partition coefficient (Wildman–Crippen LogP) is 2.13. The van der Waals surface area contributed by atoms with Gasteiger partial charge in [0, 0.05) is 6.54 Å². The first-order valence-corrected chi connectivity index (χ1v) is 5.94. The van der Waals surface area contributed by atoms with E-state index < -0.39 is 23.7 Å². The number of amides is 2. The zero-order chi connectivity index (χ0) is 15.3. The second-order valence-corrected chi connectivity index (χ2v) is 4.45. The van der Waals surface area contributed by atoms with Gasteiger partial charge in [-0.1, -0.05) is 26.7 Å². The molecule has 0 saturated heterocycles. The average Bonchev–Trinajstić information content (AvgIpc) is 2.28. The molecule has 0 aliphatic rings. The summed E-state index contributed by atoms with van der Waals surface area (Å²) in [6, 6.07) is -1.14. The van der Waals surface area contributed by atoms with Crippen LogP contribution in [-0.2, 0) is 4.79 Å². The third-order valence-electron chi connectivity index (χ3n) is 3.06. The van der Waals surface area contributed by atoms with Gasteiger partial charge in [0.25, 0.3) is 0 Å². The molecule has 0 aromatic heterocycles. The minimum Gasteiger partial charge on any atom is -0.479 e. The Morgan fingerprint density at radius 3 is 2.00 bits per heavy atom. The van der Waals surface area contributed by atoms with Crippen molar-refractivity contribution in [3.63, 3.8) is 0 Å². The number of urea groups is 1. The molecule has 0 bridgehead atoms. The molecule has 1 atom stereocenters. The SMILES string of the molecule is CCC(CC)CNC(=O)NC(C)(C(=O)O)C(F)(F)F. The Balaban J connectivity index is 4.64. The van der Waals surface area contributed by atoms with Crippen LogP contribution >= 0.6 is 0 Å². The first-order chi connectivity index (χ1) is 8.58. The van der Waals surface area contributed by atoms with Crippen molar-refractivity contribution >= 4 is 12.0 Å². The fourth-order valence-corrected chi connectivity index (χ4v) is 1.33. The maximum Gasteiger partial charge on any atom is 0.422 e. The lowest BCUT2D eigenvalue weighted by molar-refractivity contribution is -0.203. The molecule has 3 N–H and O–H groups in total. The molecular formula is C11H19F3N2O3. The summed E-state index contributed by atoms with van der Waals surface area (Å²) in [5.74, 6) is -2.01. The fraction of sp³-hybridized carbons (Fsp3) is 0.818. The minimum atomic E-state index is -5.08. The Hall–Kier alpha value is -1.47. The number of rotatable bonds is 6. The summed E-state index contributed by atoms with van der Waals surface area (Å²) in [5, 5.41) is 12.3. The van der Waals surface area contributed by atoms with Crippen LogP contribution in [0.15, 0.2) is 0 Å². The van der Waals surface area contributed by atoms with Crippen LogP contribution in [0.1, 0.15) is 33.6 Å². The van der Waals surface area contributed by atoms with Crippen molar-refractivity contribution in [2.45, 2.75) is 45.3 Å². The monoisotopic (exact) mass is 284 g/mol. The smallest absolute Gasteiger partial charge is 0.422 e. The van der Waals surface area contributed by atoms with Gasteiger partial charge in [0.2, 0.25) is 5.54 Å². The first kappa shape index (κ1) is 17.5. The average molecular weight is 284 g/mol. The quantitative estimate of drug-likeness (QED) is 0.699. The molecule has 0 aliphatic heterocycles. The van der Waals surface area contributed by atoms with Crippen LogP contribution < -0.4 is 10.6 Å². The van der Waals surface area contributed by atoms with E-state index in [2.05, 4.69) is 5.32 Å². The molecule has 0 aromatic carbocycles. The zero-order valence-electron chi connectivity index (χ0n) is 11.1. The summed E-state index contributed by atoms with van der Waals surface area (Å²) in [6.45, 7) is 4.40. The highest BCUT2D eigenvalue weighted by molar-refractivity contribution is 5.86. The van der Waals surface area contributed by atoms with Crippen LogP contribution in [0.3, 0.4) is 0 Å². The summed E-state index contributed by atoms with van der Waals surface area (Å²) < 4.78 is 37.9. The molecule has 2 amide bonds. The summed E-state index contributed by atoms with van der Waals surface area (Å²) in [7, 11) is 0. The van der Waals surface area contributed by atoms with E-state index in [1.54, 1.807) is 0 Å². The summed E-state index contributed by atoms with van der Waals surface area (Å²) >= 11 is 0. The molecule has 1 unspecified atom stereocenters. The van der Waals surface area contributed by atoms with E-state index >= 15 is 0 Å². The van der Waals surface area contributed by atoms with E-state index in [4.69, 9.17) is 5.11 Å². The number of nitrogens with one attached hydrogen (secondary N) is 2. The molecule has 19 heavy (non-hydrogen) atoms. The van der Waals surface area contributed by atoms with Gasteiger partial charge in [0.15, 0.2) is 0 Å². The van der Waals surface area contributed by atoms with Gasteiger partial charge in [0.1, 0.15) is 0 Å². The Bertz CT molecular complexity index is 330. The number of carbonyl (C=O) groups is 2. The number of aliphatic carboxylic acids is 1. The Morgan fingerprint density at radius 1 is 1.21 bits per heavy atom. The molecule has 5 nitrogen and oxygen atoms in total. The van der Waals surface area contributed by atoms with Crippen molar-refractivity contribution in [1.29, 1.82) is 0 Å². The van der Waals surface area contributed by atoms with Crippen molar-refractivity contribution in [2.24, 2.45) is 5.92 Å². The maximum absolute atomic E-state index is 12.6. The van der Waals surface area contributed by atoms with E-state index in [1.807, 2.05) is 13.8 Å². The van der Waals surface area contributed by atoms with Gasteiger partial charge >= 0.3 is 18.2 Å². The molecular weight excluding hydrogens is 265 g/mol. The second-order valence-electron chi connectivity index (χ2n) is 4.45. The van der Waals surface area contributed by atoms with Crippen molar-refractivity contribution < 1.29 is 27.9 Å². The number of hydrogen-bond acceptors (Lipinski definition) is 2. The predicted molar refractivity (Wildman–Crippen MR) is 62.7 cm³/mol. The third-order valence-corrected chi connectivity index (χ3v) is 3.06. The van der Waals surface area contributed by atoms with Crippen LogP contribution in [0.5, 0.6) is 0 Å². The van der Waals surface area contributed by atoms with Crippen LogP contribution in [0.4, 0.5) is 18.0 Å². The number of hydrogen-bond donors (Lipinski definition) is 3. The van der Waals surface area contributed by atoms with Crippen LogP contribution in [0.25, 0.3) is 0 Å². The van der Waals surface area contributed by atoms with E-state index in [1.165, 1.54) is 5.32 Å². The highest BCUT2D eigenvalue weighted by Gasteiger charge is 2.58. The normalized spacial score (nSPS) is 14.9. The van der Waals surface area contributed by atoms with Crippen LogP contribution in [0.2, 0.25) is 0 Å². The molecule has 8 heteroatoms. The van der Waals surface area contributed by atoms with Gasteiger partial charge in [-0.3, -0.25) is 0 Å². The summed E-state index contributed by atoms with van der Waals surface area (Å²) in [6.07, 6.45) is -3.54. The van der Waals surface area contributed by atoms with Crippen molar-refractivity contribution in [3.8, 4) is 0 Å². The first-order valence-electron chi connectivity index (χ1n) is 5.94. The largest absolute Gasteiger partial charge is 0.479 e. The lowest BCUT2D eigenvalue weighted by Gasteiger charge is -2.28. The van der Waals surface area contributed by atoms with Crippen LogP contribution in [-0.4, -0.2) is 35.4 Å². The highest BCUT2D eigenvalue weighted by Crippen LogP contribution is 2.30. The Labute approximate surface area is 109 Å². The second kappa shape index (κ2) is 6.63. The van der Waals surface area contributed by atoms with Gasteiger partial charge in [-0.2, -0.15) is 13.2 Å². The molecule has 0 radical (unpaired) electrons. The van der Waals surface area contributed by atoms with Crippen molar-refractivity contribution in [2.75, 3.05) is 6.54 Å². The zero-order valence-corrected chi connectivity index (χ0v) is 11.1. The standard InChI is InChI=1S/C11H19F3N2O3/c1-4-7(5-2)6-15-9(19)16-10(3,8(17)18)11(12,13)14/h7H,4-6H2,1-3H3,(H,17,18)(H2,15,16,19). The van der Waals surface area contributed by atoms with Gasteiger partial charge < -0.3 is 15.7 Å². The van der Waals surface area contributed by atoms with Gasteiger partial charge in [-0.05, 0) is 12.8 Å². The lowest BCUT2D eigenvalue weighted by Crippen LogP contribution is -2.63. The minimum absolute atomic E-state index is 0.146. The summed E-state index contributed by atoms with van der Waals surface area (Å²) in [5.41, 5.74) is -3.30. The molecule has 0 aliphatic carbocycles. The van der Waals surface area contributed by atoms with Crippen molar-refractivity contribution in [3.05, 3.63) is 0 Å². The van der Waals surface area contributed by atoms with Gasteiger partial charge in [-0.15, -0.1) is 0 Å². The Kier molecular flexibility index (Phi) is 6.11. The maximum atomic E-state index is 12.6. The molecule has 0 fully saturated rings. The number of carboxylic acids is 1. The van der Waals surface area contributed by atoms with Crippen LogP contribution in [0, 0.1) is 5.92 Å². The van der Waals surface area contributed by atoms with Gasteiger partial charge in [-0.25, -0.2) is 9.59 Å². The number of alkyl halides is 3. The van der Waals surface area contributed by atoms with E-state index in [9.17, 15) is 22.8 Å². The van der Waals surface area contributed by atoms with E-state index in [0.717, 1.165) is 12.8 Å². The highest BCUT2D eigenvalue weighted by atomic mass is 19.4. The number of carbonyl (C=O) groups excluding carboxylic acids is 1. The molecule has 0 aromatic rings. The summed E-state index contributed by atoms with van der Waals surface area (Å²) in [4.78, 5) is 22.1. The number of carboxylic acid groups (broad SMARTS) is 1. The molecule has 0 rings (SSSR count). The third kappa shape index (κ3) is 4.60.